The number of hydrogen-bond acceptors (Lipinski definition) is 12. The van der Waals surface area contributed by atoms with Crippen LogP contribution in [0, 0.1) is 17.3 Å². The van der Waals surface area contributed by atoms with E-state index >= 15 is 0 Å². The summed E-state index contributed by atoms with van der Waals surface area (Å²) < 4.78 is 14.2. The average molecular weight is 923 g/mol. The largest absolute Gasteiger partial charge is 0.464 e. The number of nitrogens with one attached hydrogen (secondary N) is 2. The van der Waals surface area contributed by atoms with Crippen LogP contribution in [0.2, 0.25) is 0 Å². The van der Waals surface area contributed by atoms with Gasteiger partial charge in [0.15, 0.2) is 0 Å². The average Bonchev–Trinajstić information content (AvgIpc) is 4.07. The van der Waals surface area contributed by atoms with Gasteiger partial charge in [0.2, 0.25) is 17.7 Å². The van der Waals surface area contributed by atoms with Gasteiger partial charge in [-0.05, 0) is 81.4 Å². The monoisotopic (exact) mass is 922 g/mol. The van der Waals surface area contributed by atoms with Crippen LogP contribution in [0.25, 0.3) is 33.4 Å². The summed E-state index contributed by atoms with van der Waals surface area (Å²) in [5, 5.41) is 8.02. The van der Waals surface area contributed by atoms with Gasteiger partial charge in [-0.2, -0.15) is 0 Å². The Morgan fingerprint density at radius 2 is 1.92 bits per heavy atom. The number of hydrogen-bond donors (Lipinski definition) is 2. The second-order valence-electron chi connectivity index (χ2n) is 18.7. The zero-order valence-electron chi connectivity index (χ0n) is 39.2. The molecule has 0 saturated carbocycles. The highest BCUT2D eigenvalue weighted by Crippen LogP contribution is 2.42. The minimum absolute atomic E-state index is 0.0541. The molecule has 66 heavy (non-hydrogen) atoms. The summed E-state index contributed by atoms with van der Waals surface area (Å²) in [4.78, 5) is 93.0. The molecule has 0 spiro atoms. The lowest BCUT2D eigenvalue weighted by molar-refractivity contribution is -0.155. The second kappa shape index (κ2) is 20.4. The number of hydrazine groups is 1. The van der Waals surface area contributed by atoms with Gasteiger partial charge in [-0.25, -0.2) is 10.4 Å². The van der Waals surface area contributed by atoms with Gasteiger partial charge in [0, 0.05) is 91.9 Å². The molecule has 4 aromatic rings. The summed E-state index contributed by atoms with van der Waals surface area (Å²) in [5.41, 5.74) is 9.16. The Bertz CT molecular complexity index is 2510. The molecule has 6 bridgehead atoms. The number of benzene rings is 1. The van der Waals surface area contributed by atoms with Crippen LogP contribution in [0.3, 0.4) is 0 Å². The van der Waals surface area contributed by atoms with E-state index in [9.17, 15) is 28.8 Å². The minimum Gasteiger partial charge on any atom is -0.464 e. The van der Waals surface area contributed by atoms with E-state index in [4.69, 9.17) is 19.4 Å². The first-order chi connectivity index (χ1) is 31.5. The summed E-state index contributed by atoms with van der Waals surface area (Å²) in [6, 6.07) is 7.50. The number of aryl methyl sites for hydroxylation is 1. The maximum absolute atomic E-state index is 14.6. The Kier molecular flexibility index (Phi) is 14.9. The Hall–Kier alpha value is -5.78. The highest BCUT2D eigenvalue weighted by atomic mass is 32.1. The predicted molar refractivity (Wildman–Crippen MR) is 251 cm³/mol. The van der Waals surface area contributed by atoms with E-state index in [-0.39, 0.29) is 43.4 Å². The number of thiazole rings is 1. The highest BCUT2D eigenvalue weighted by molar-refractivity contribution is 7.10. The van der Waals surface area contributed by atoms with Gasteiger partial charge in [-0.3, -0.25) is 38.8 Å². The van der Waals surface area contributed by atoms with E-state index in [2.05, 4.69) is 60.3 Å². The van der Waals surface area contributed by atoms with Crippen molar-refractivity contribution in [2.45, 2.75) is 104 Å². The van der Waals surface area contributed by atoms with Crippen LogP contribution in [-0.2, 0) is 57.6 Å². The van der Waals surface area contributed by atoms with Crippen molar-refractivity contribution >= 4 is 58.1 Å². The number of nitrogens with zero attached hydrogens (tertiary/aromatic N) is 6. The Balaban J connectivity index is 1.25. The second-order valence-corrected chi connectivity index (χ2v) is 19.6. The van der Waals surface area contributed by atoms with Crippen LogP contribution >= 0.6 is 11.3 Å². The van der Waals surface area contributed by atoms with E-state index in [1.54, 1.807) is 20.4 Å². The summed E-state index contributed by atoms with van der Waals surface area (Å²) in [6.45, 7) is 13.6. The molecular weight excluding hydrogens is 861 g/mol. The highest BCUT2D eigenvalue weighted by Gasteiger charge is 2.40. The molecule has 2 saturated heterocycles. The molecular formula is C49H62N8O8S. The first kappa shape index (κ1) is 48.2. The van der Waals surface area contributed by atoms with Crippen molar-refractivity contribution in [3.05, 3.63) is 70.3 Å². The summed E-state index contributed by atoms with van der Waals surface area (Å²) in [7, 11) is 3.25. The van der Waals surface area contributed by atoms with Crippen molar-refractivity contribution < 1.29 is 38.2 Å². The van der Waals surface area contributed by atoms with Gasteiger partial charge in [0.1, 0.15) is 24.4 Å². The number of amides is 4. The summed E-state index contributed by atoms with van der Waals surface area (Å²) >= 11 is 1.39. The molecule has 16 nitrogen and oxygen atoms in total. The molecule has 4 amide bonds. The maximum atomic E-state index is 14.6. The van der Waals surface area contributed by atoms with E-state index < -0.39 is 47.2 Å². The number of likely N-dealkylation sites (tertiary alicyclic amines) is 1. The van der Waals surface area contributed by atoms with E-state index in [0.29, 0.717) is 56.6 Å². The molecule has 0 radical (unpaired) electrons. The number of carbonyl (C=O) groups is 6. The maximum Gasteiger partial charge on any atom is 0.324 e. The molecule has 7 rings (SSSR count). The number of allylic oxidation sites excluding steroid dienone is 1. The van der Waals surface area contributed by atoms with Crippen LogP contribution in [0.4, 0.5) is 0 Å². The number of cyclic esters (lactones) is 1. The lowest BCUT2D eigenvalue weighted by Crippen LogP contribution is -2.62. The third-order valence-corrected chi connectivity index (χ3v) is 13.9. The fourth-order valence-corrected chi connectivity index (χ4v) is 10.4. The molecule has 3 aliphatic rings. The molecule has 6 heterocycles. The number of likely N-dealkylation sites (N-methyl/N-ethyl adjacent to an activating group) is 1. The van der Waals surface area contributed by atoms with Gasteiger partial charge in [-0.1, -0.05) is 33.8 Å². The third kappa shape index (κ3) is 10.1. The lowest BCUT2D eigenvalue weighted by atomic mass is 9.84. The molecule has 5 unspecified atom stereocenters. The molecule has 0 aliphatic carbocycles. The molecule has 1 aromatic carbocycles. The SMILES string of the molecule is CCn1c(-c2cccnc2C(C)OC)c2c3cc(ccc31)-c1csc(n1)CC(NC(=O)C(C(C)C)N(C)C(=O)C1CCN(C(=O)/C=C/C=O)C1)C(=O)N1CCCC(N1)C(=O)OCC(C)(C)C2. The lowest BCUT2D eigenvalue weighted by Gasteiger charge is -2.36. The molecule has 3 aromatic heterocycles. The minimum atomic E-state index is -1.11. The van der Waals surface area contributed by atoms with E-state index in [1.165, 1.54) is 32.2 Å². The van der Waals surface area contributed by atoms with Crippen molar-refractivity contribution in [2.75, 3.05) is 40.4 Å². The number of carbonyl (C=O) groups excluding carboxylic acids is 6. The number of aromatic nitrogens is 3. The van der Waals surface area contributed by atoms with Crippen LogP contribution in [0.5, 0.6) is 0 Å². The van der Waals surface area contributed by atoms with Crippen LogP contribution < -0.4 is 10.7 Å². The number of esters is 1. The van der Waals surface area contributed by atoms with Crippen LogP contribution in [-0.4, -0.2) is 124 Å². The van der Waals surface area contributed by atoms with E-state index in [1.807, 2.05) is 32.2 Å². The van der Waals surface area contributed by atoms with Gasteiger partial charge in [0.25, 0.3) is 5.91 Å². The number of aldehydes is 1. The summed E-state index contributed by atoms with van der Waals surface area (Å²) in [5.74, 6) is -2.98. The van der Waals surface area contributed by atoms with E-state index in [0.717, 1.165) is 50.8 Å². The van der Waals surface area contributed by atoms with Crippen LogP contribution in [0.1, 0.15) is 83.2 Å². The van der Waals surface area contributed by atoms with Crippen molar-refractivity contribution in [3.8, 4) is 22.5 Å². The van der Waals surface area contributed by atoms with Gasteiger partial charge in [-0.15, -0.1) is 11.3 Å². The zero-order chi connectivity index (χ0) is 47.4. The Labute approximate surface area is 390 Å². The van der Waals surface area contributed by atoms with Crippen molar-refractivity contribution in [2.24, 2.45) is 17.3 Å². The molecule has 352 valence electrons. The van der Waals surface area contributed by atoms with Gasteiger partial charge in [0.05, 0.1) is 40.7 Å². The first-order valence-electron chi connectivity index (χ1n) is 22.9. The molecule has 2 fully saturated rings. The topological polar surface area (TPSA) is 185 Å². The fourth-order valence-electron chi connectivity index (χ4n) is 9.56. The van der Waals surface area contributed by atoms with Gasteiger partial charge >= 0.3 is 5.97 Å². The number of pyridine rings is 1. The summed E-state index contributed by atoms with van der Waals surface area (Å²) in [6.07, 6.45) is 6.35. The molecule has 2 N–H and O–H groups in total. The number of rotatable bonds is 11. The fraction of sp³-hybridized carbons (Fsp3) is 0.510. The van der Waals surface area contributed by atoms with Crippen molar-refractivity contribution in [3.63, 3.8) is 0 Å². The Morgan fingerprint density at radius 3 is 2.65 bits per heavy atom. The normalized spacial score (nSPS) is 21.1. The molecule has 5 atom stereocenters. The number of ether oxygens (including phenoxy) is 2. The number of methoxy groups -OCH3 is 1. The standard InChI is InChI=1S/C49H62N8O8S/c1-9-56-39-17-16-31-23-34(39)35(44(56)33-13-10-19-50-42(33)30(4)64-8)25-49(5,6)28-65-48(63)36-14-11-20-57(53-36)47(62)37(24-40-51-38(31)27-66-40)52-45(60)43(29(2)3)54(7)46(61)32-18-21-55(26-32)41(59)15-12-22-58/h10,12-13,15-17,19,22-23,27,29-30,32,36-37,43,53H,9,11,14,18,20-21,24-26,28H2,1-8H3,(H,52,60)/b15-12+. The van der Waals surface area contributed by atoms with Gasteiger partial charge < -0.3 is 29.2 Å². The molecule has 3 aliphatic heterocycles. The number of fused-ring (bicyclic) bond motifs is 6. The smallest absolute Gasteiger partial charge is 0.324 e. The zero-order valence-corrected chi connectivity index (χ0v) is 40.0. The molecule has 17 heteroatoms. The predicted octanol–water partition coefficient (Wildman–Crippen LogP) is 5.29. The third-order valence-electron chi connectivity index (χ3n) is 13.0. The Morgan fingerprint density at radius 1 is 1.14 bits per heavy atom. The van der Waals surface area contributed by atoms with Crippen LogP contribution in [0.15, 0.2) is 54.1 Å². The quantitative estimate of drug-likeness (QED) is 0.113. The van der Waals surface area contributed by atoms with Crippen molar-refractivity contribution in [1.82, 2.24) is 40.1 Å². The first-order valence-corrected chi connectivity index (χ1v) is 23.7. The van der Waals surface area contributed by atoms with Crippen molar-refractivity contribution in [1.29, 1.82) is 0 Å².